The number of benzene rings is 4. The molecule has 0 aliphatic carbocycles. The zero-order chi connectivity index (χ0) is 25.9. The Balaban J connectivity index is 1.36. The number of hydrogen-bond acceptors (Lipinski definition) is 5. The fourth-order valence-corrected chi connectivity index (χ4v) is 3.60. The van der Waals surface area contributed by atoms with E-state index in [1.807, 2.05) is 72.8 Å². The number of methoxy groups -OCH3 is 2. The Bertz CT molecular complexity index is 1290. The lowest BCUT2D eigenvalue weighted by Gasteiger charge is -2.15. The van der Waals surface area contributed by atoms with Gasteiger partial charge in [-0.15, -0.1) is 0 Å². The molecule has 6 nitrogen and oxygen atoms in total. The van der Waals surface area contributed by atoms with Gasteiger partial charge in [0.1, 0.15) is 19.0 Å². The van der Waals surface area contributed by atoms with E-state index in [9.17, 15) is 4.79 Å². The number of nitrogens with one attached hydrogen (secondary N) is 1. The SMILES string of the molecule is COc1cc(/C=C/C(=O)Nc2ccc(OCc3ccccc3)cc2)cc(OC)c1OCc1ccccc1. The molecule has 0 aromatic heterocycles. The molecule has 0 unspecified atom stereocenters. The highest BCUT2D eigenvalue weighted by atomic mass is 16.5. The minimum absolute atomic E-state index is 0.264. The minimum Gasteiger partial charge on any atom is -0.493 e. The van der Waals surface area contributed by atoms with Gasteiger partial charge in [0, 0.05) is 11.8 Å². The van der Waals surface area contributed by atoms with E-state index in [2.05, 4.69) is 5.32 Å². The average Bonchev–Trinajstić information content (AvgIpc) is 2.95. The van der Waals surface area contributed by atoms with Crippen LogP contribution in [0.25, 0.3) is 6.08 Å². The number of ether oxygens (including phenoxy) is 4. The third-order valence-electron chi connectivity index (χ3n) is 5.51. The summed E-state index contributed by atoms with van der Waals surface area (Å²) in [7, 11) is 3.13. The summed E-state index contributed by atoms with van der Waals surface area (Å²) in [6, 6.07) is 30.6. The topological polar surface area (TPSA) is 66.0 Å². The first kappa shape index (κ1) is 25.4. The summed E-state index contributed by atoms with van der Waals surface area (Å²) in [4.78, 5) is 12.5. The first-order valence-corrected chi connectivity index (χ1v) is 11.8. The molecule has 0 bridgehead atoms. The Labute approximate surface area is 217 Å². The van der Waals surface area contributed by atoms with Gasteiger partial charge in [0.2, 0.25) is 11.7 Å². The predicted octanol–water partition coefficient (Wildman–Crippen LogP) is 6.51. The van der Waals surface area contributed by atoms with E-state index >= 15 is 0 Å². The monoisotopic (exact) mass is 495 g/mol. The highest BCUT2D eigenvalue weighted by Crippen LogP contribution is 2.39. The smallest absolute Gasteiger partial charge is 0.248 e. The van der Waals surface area contributed by atoms with E-state index in [1.165, 1.54) is 6.08 Å². The summed E-state index contributed by atoms with van der Waals surface area (Å²) < 4.78 is 22.8. The Morgan fingerprint density at radius 2 is 1.27 bits per heavy atom. The van der Waals surface area contributed by atoms with Gasteiger partial charge in [-0.05, 0) is 59.2 Å². The molecule has 0 radical (unpaired) electrons. The van der Waals surface area contributed by atoms with E-state index < -0.39 is 0 Å². The molecular weight excluding hydrogens is 466 g/mol. The van der Waals surface area contributed by atoms with Crippen LogP contribution in [0.15, 0.2) is 103 Å². The van der Waals surface area contributed by atoms with Crippen LogP contribution in [0.2, 0.25) is 0 Å². The number of hydrogen-bond donors (Lipinski definition) is 1. The molecule has 4 aromatic carbocycles. The molecule has 4 aromatic rings. The molecule has 0 heterocycles. The standard InChI is InChI=1S/C31H29NO5/c1-34-28-19-25(20-29(35-2)31(28)37-22-24-11-7-4-8-12-24)13-18-30(33)32-26-14-16-27(17-15-26)36-21-23-9-5-3-6-10-23/h3-20H,21-22H2,1-2H3,(H,32,33)/b18-13+. The Morgan fingerprint density at radius 3 is 1.81 bits per heavy atom. The first-order chi connectivity index (χ1) is 18.1. The van der Waals surface area contributed by atoms with Crippen LogP contribution in [-0.2, 0) is 18.0 Å². The number of amides is 1. The third kappa shape index (κ3) is 7.39. The van der Waals surface area contributed by atoms with Crippen LogP contribution in [0.3, 0.4) is 0 Å². The molecule has 0 spiro atoms. The van der Waals surface area contributed by atoms with Crippen molar-refractivity contribution in [2.24, 2.45) is 0 Å². The summed E-state index contributed by atoms with van der Waals surface area (Å²) >= 11 is 0. The van der Waals surface area contributed by atoms with Crippen LogP contribution in [-0.4, -0.2) is 20.1 Å². The summed E-state index contributed by atoms with van der Waals surface area (Å²) in [6.07, 6.45) is 3.15. The highest BCUT2D eigenvalue weighted by molar-refractivity contribution is 6.02. The molecule has 0 aliphatic heterocycles. The van der Waals surface area contributed by atoms with Gasteiger partial charge in [-0.25, -0.2) is 0 Å². The van der Waals surface area contributed by atoms with Crippen LogP contribution >= 0.6 is 0 Å². The molecule has 6 heteroatoms. The largest absolute Gasteiger partial charge is 0.493 e. The molecule has 0 atom stereocenters. The summed E-state index contributed by atoms with van der Waals surface area (Å²) in [5.41, 5.74) is 3.53. The summed E-state index contributed by atoms with van der Waals surface area (Å²) in [5, 5.41) is 2.85. The third-order valence-corrected chi connectivity index (χ3v) is 5.51. The molecule has 37 heavy (non-hydrogen) atoms. The lowest BCUT2D eigenvalue weighted by atomic mass is 10.1. The van der Waals surface area contributed by atoms with Crippen molar-refractivity contribution in [2.75, 3.05) is 19.5 Å². The van der Waals surface area contributed by atoms with E-state index in [1.54, 1.807) is 44.6 Å². The number of carbonyl (C=O) groups excluding carboxylic acids is 1. The van der Waals surface area contributed by atoms with Crippen molar-refractivity contribution in [3.05, 3.63) is 120 Å². The lowest BCUT2D eigenvalue weighted by Crippen LogP contribution is -2.07. The van der Waals surface area contributed by atoms with Crippen molar-refractivity contribution in [2.45, 2.75) is 13.2 Å². The van der Waals surface area contributed by atoms with Gasteiger partial charge in [-0.1, -0.05) is 60.7 Å². The van der Waals surface area contributed by atoms with Gasteiger partial charge in [-0.3, -0.25) is 4.79 Å². The van der Waals surface area contributed by atoms with E-state index in [4.69, 9.17) is 18.9 Å². The van der Waals surface area contributed by atoms with Crippen LogP contribution < -0.4 is 24.3 Å². The van der Waals surface area contributed by atoms with E-state index in [-0.39, 0.29) is 5.91 Å². The van der Waals surface area contributed by atoms with Crippen molar-refractivity contribution in [3.63, 3.8) is 0 Å². The maximum Gasteiger partial charge on any atom is 0.248 e. The van der Waals surface area contributed by atoms with E-state index in [0.29, 0.717) is 36.1 Å². The van der Waals surface area contributed by atoms with Crippen LogP contribution in [0.1, 0.15) is 16.7 Å². The van der Waals surface area contributed by atoms with Gasteiger partial charge < -0.3 is 24.3 Å². The maximum absolute atomic E-state index is 12.5. The van der Waals surface area contributed by atoms with Gasteiger partial charge >= 0.3 is 0 Å². The molecule has 1 amide bonds. The first-order valence-electron chi connectivity index (χ1n) is 11.8. The quantitative estimate of drug-likeness (QED) is 0.240. The van der Waals surface area contributed by atoms with Gasteiger partial charge in [0.15, 0.2) is 11.5 Å². The second-order valence-electron chi connectivity index (χ2n) is 8.15. The molecule has 188 valence electrons. The number of anilines is 1. The van der Waals surface area contributed by atoms with Crippen molar-refractivity contribution in [1.29, 1.82) is 0 Å². The average molecular weight is 496 g/mol. The summed E-state index contributed by atoms with van der Waals surface area (Å²) in [5.74, 6) is 2.00. The zero-order valence-corrected chi connectivity index (χ0v) is 20.8. The van der Waals surface area contributed by atoms with Crippen molar-refractivity contribution < 1.29 is 23.7 Å². The fraction of sp³-hybridized carbons (Fsp3) is 0.129. The molecule has 1 N–H and O–H groups in total. The van der Waals surface area contributed by atoms with Gasteiger partial charge in [-0.2, -0.15) is 0 Å². The molecule has 0 aliphatic rings. The predicted molar refractivity (Wildman–Crippen MR) is 145 cm³/mol. The van der Waals surface area contributed by atoms with Crippen molar-refractivity contribution >= 4 is 17.7 Å². The maximum atomic E-state index is 12.5. The molecule has 0 saturated heterocycles. The second-order valence-corrected chi connectivity index (χ2v) is 8.15. The van der Waals surface area contributed by atoms with Crippen LogP contribution in [0.4, 0.5) is 5.69 Å². The Hall–Kier alpha value is -4.71. The normalized spacial score (nSPS) is 10.6. The van der Waals surface area contributed by atoms with Gasteiger partial charge in [0.05, 0.1) is 14.2 Å². The fourth-order valence-electron chi connectivity index (χ4n) is 3.60. The second kappa shape index (κ2) is 12.8. The summed E-state index contributed by atoms with van der Waals surface area (Å²) in [6.45, 7) is 0.861. The molecule has 4 rings (SSSR count). The molecule has 0 fully saturated rings. The van der Waals surface area contributed by atoms with Crippen molar-refractivity contribution in [1.82, 2.24) is 0 Å². The lowest BCUT2D eigenvalue weighted by molar-refractivity contribution is -0.111. The molecular formula is C31H29NO5. The molecule has 0 saturated carbocycles. The minimum atomic E-state index is -0.264. The van der Waals surface area contributed by atoms with Gasteiger partial charge in [0.25, 0.3) is 0 Å². The zero-order valence-electron chi connectivity index (χ0n) is 20.8. The Kier molecular flexibility index (Phi) is 8.81. The van der Waals surface area contributed by atoms with Crippen LogP contribution in [0, 0.1) is 0 Å². The highest BCUT2D eigenvalue weighted by Gasteiger charge is 2.14. The number of carbonyl (C=O) groups is 1. The van der Waals surface area contributed by atoms with E-state index in [0.717, 1.165) is 22.4 Å². The number of rotatable bonds is 11. The van der Waals surface area contributed by atoms with Crippen molar-refractivity contribution in [3.8, 4) is 23.0 Å². The van der Waals surface area contributed by atoms with Crippen LogP contribution in [0.5, 0.6) is 23.0 Å². The Morgan fingerprint density at radius 1 is 0.730 bits per heavy atom.